The normalized spacial score (nSPS) is 21.7. The van der Waals surface area contributed by atoms with E-state index in [1.807, 2.05) is 59.5 Å². The third kappa shape index (κ3) is 4.50. The van der Waals surface area contributed by atoms with Crippen molar-refractivity contribution in [1.29, 1.82) is 0 Å². The number of benzene rings is 2. The molecular weight excluding hydrogens is 462 g/mol. The number of piperidine rings is 1. The molecule has 2 aromatic heterocycles. The standard InChI is InChI=1S/C27H28F2N6O/c28-25-16-36-17-26(29)34(25)14-18-4-1-2-5-21(18)22-6-3-7-23-27(22)33-24(13-31-23)19-12-32-35(15-19)20-8-10-30-11-9-20/h1-7,12-13,15,20,25-26,30H,8-11,14,16-17H2. The van der Waals surface area contributed by atoms with Crippen molar-refractivity contribution in [3.8, 4) is 22.4 Å². The van der Waals surface area contributed by atoms with E-state index in [9.17, 15) is 8.78 Å². The van der Waals surface area contributed by atoms with E-state index in [-0.39, 0.29) is 19.8 Å². The smallest absolute Gasteiger partial charge is 0.179 e. The first kappa shape index (κ1) is 23.1. The minimum atomic E-state index is -1.49. The number of halogens is 2. The van der Waals surface area contributed by atoms with Crippen molar-refractivity contribution in [2.24, 2.45) is 0 Å². The van der Waals surface area contributed by atoms with Gasteiger partial charge in [-0.25, -0.2) is 18.7 Å². The number of alkyl halides is 2. The number of nitrogens with one attached hydrogen (secondary N) is 1. The highest BCUT2D eigenvalue weighted by atomic mass is 19.2. The van der Waals surface area contributed by atoms with Gasteiger partial charge in [0.25, 0.3) is 0 Å². The van der Waals surface area contributed by atoms with Gasteiger partial charge in [-0.05, 0) is 43.1 Å². The molecule has 0 bridgehead atoms. The van der Waals surface area contributed by atoms with Gasteiger partial charge in [0.05, 0.1) is 48.4 Å². The van der Waals surface area contributed by atoms with Crippen LogP contribution in [-0.4, -0.2) is 63.5 Å². The fourth-order valence-electron chi connectivity index (χ4n) is 5.08. The number of para-hydroxylation sites is 1. The lowest BCUT2D eigenvalue weighted by Gasteiger charge is -2.33. The second-order valence-corrected chi connectivity index (χ2v) is 9.35. The third-order valence-corrected chi connectivity index (χ3v) is 7.04. The predicted molar refractivity (Wildman–Crippen MR) is 133 cm³/mol. The number of hydrogen-bond donors (Lipinski definition) is 1. The maximum absolute atomic E-state index is 14.5. The summed E-state index contributed by atoms with van der Waals surface area (Å²) in [6, 6.07) is 13.9. The van der Waals surface area contributed by atoms with Crippen molar-refractivity contribution >= 4 is 11.0 Å². The molecule has 4 aromatic rings. The first-order valence-electron chi connectivity index (χ1n) is 12.4. The summed E-state index contributed by atoms with van der Waals surface area (Å²) in [5.74, 6) is 0. The van der Waals surface area contributed by atoms with Gasteiger partial charge >= 0.3 is 0 Å². The number of fused-ring (bicyclic) bond motifs is 1. The van der Waals surface area contributed by atoms with Crippen LogP contribution in [0.4, 0.5) is 8.78 Å². The van der Waals surface area contributed by atoms with Crippen LogP contribution in [0.2, 0.25) is 0 Å². The molecule has 9 heteroatoms. The zero-order valence-electron chi connectivity index (χ0n) is 19.9. The zero-order chi connectivity index (χ0) is 24.5. The van der Waals surface area contributed by atoms with Crippen LogP contribution in [0, 0.1) is 0 Å². The van der Waals surface area contributed by atoms with Crippen LogP contribution in [-0.2, 0) is 11.3 Å². The van der Waals surface area contributed by atoms with Gasteiger partial charge in [0.2, 0.25) is 0 Å². The predicted octanol–water partition coefficient (Wildman–Crippen LogP) is 4.51. The second kappa shape index (κ2) is 10.0. The molecule has 186 valence electrons. The maximum atomic E-state index is 14.5. The summed E-state index contributed by atoms with van der Waals surface area (Å²) < 4.78 is 36.0. The van der Waals surface area contributed by atoms with Crippen LogP contribution >= 0.6 is 0 Å². The number of rotatable bonds is 5. The molecule has 7 nitrogen and oxygen atoms in total. The lowest BCUT2D eigenvalue weighted by molar-refractivity contribution is -0.143. The van der Waals surface area contributed by atoms with Crippen LogP contribution < -0.4 is 5.32 Å². The number of hydrogen-bond acceptors (Lipinski definition) is 6. The highest BCUT2D eigenvalue weighted by Gasteiger charge is 2.31. The molecule has 36 heavy (non-hydrogen) atoms. The summed E-state index contributed by atoms with van der Waals surface area (Å²) in [4.78, 5) is 10.9. The average molecular weight is 491 g/mol. The Kier molecular flexibility index (Phi) is 6.43. The van der Waals surface area contributed by atoms with Crippen molar-refractivity contribution < 1.29 is 13.5 Å². The van der Waals surface area contributed by atoms with Crippen LogP contribution in [0.25, 0.3) is 33.4 Å². The Morgan fingerprint density at radius 2 is 1.72 bits per heavy atom. The molecule has 2 saturated heterocycles. The Morgan fingerprint density at radius 3 is 2.56 bits per heavy atom. The monoisotopic (exact) mass is 490 g/mol. The SMILES string of the molecule is FC1COCC(F)N1Cc1ccccc1-c1cccc2ncc(-c3cnn(C4CCNCC4)c3)nc12. The minimum Gasteiger partial charge on any atom is -0.373 e. The van der Waals surface area contributed by atoms with Crippen molar-refractivity contribution in [1.82, 2.24) is 30.0 Å². The zero-order valence-corrected chi connectivity index (χ0v) is 19.9. The molecule has 6 rings (SSSR count). The Balaban J connectivity index is 1.37. The number of ether oxygens (including phenoxy) is 1. The van der Waals surface area contributed by atoms with E-state index in [0.29, 0.717) is 6.04 Å². The second-order valence-electron chi connectivity index (χ2n) is 9.35. The lowest BCUT2D eigenvalue weighted by Crippen LogP contribution is -2.47. The highest BCUT2D eigenvalue weighted by molar-refractivity contribution is 5.93. The largest absolute Gasteiger partial charge is 0.373 e. The van der Waals surface area contributed by atoms with E-state index < -0.39 is 12.6 Å². The molecule has 0 radical (unpaired) electrons. The van der Waals surface area contributed by atoms with Crippen LogP contribution in [0.3, 0.4) is 0 Å². The van der Waals surface area contributed by atoms with Crippen molar-refractivity contribution in [3.05, 3.63) is 66.6 Å². The summed E-state index contributed by atoms with van der Waals surface area (Å²) in [6.07, 6.45) is 4.78. The van der Waals surface area contributed by atoms with E-state index >= 15 is 0 Å². The summed E-state index contributed by atoms with van der Waals surface area (Å²) in [7, 11) is 0. The molecule has 0 amide bonds. The van der Waals surface area contributed by atoms with Gasteiger partial charge in [-0.15, -0.1) is 0 Å². The molecule has 2 fully saturated rings. The molecule has 2 unspecified atom stereocenters. The molecule has 4 heterocycles. The molecule has 2 atom stereocenters. The van der Waals surface area contributed by atoms with Crippen molar-refractivity contribution in [3.63, 3.8) is 0 Å². The van der Waals surface area contributed by atoms with E-state index in [0.717, 1.165) is 64.9 Å². The maximum Gasteiger partial charge on any atom is 0.179 e. The number of nitrogens with zero attached hydrogens (tertiary/aromatic N) is 5. The van der Waals surface area contributed by atoms with Gasteiger partial charge in [-0.1, -0.05) is 36.4 Å². The first-order valence-corrected chi connectivity index (χ1v) is 12.4. The minimum absolute atomic E-state index is 0.128. The van der Waals surface area contributed by atoms with E-state index in [1.165, 1.54) is 4.90 Å². The lowest BCUT2D eigenvalue weighted by atomic mass is 9.97. The molecule has 1 N–H and O–H groups in total. The molecule has 0 saturated carbocycles. The molecule has 2 aromatic carbocycles. The molecule has 2 aliphatic heterocycles. The van der Waals surface area contributed by atoms with Crippen LogP contribution in [0.15, 0.2) is 61.1 Å². The van der Waals surface area contributed by atoms with Gasteiger partial charge < -0.3 is 10.1 Å². The van der Waals surface area contributed by atoms with Crippen LogP contribution in [0.1, 0.15) is 24.4 Å². The van der Waals surface area contributed by atoms with Gasteiger partial charge in [0.15, 0.2) is 12.6 Å². The molecule has 2 aliphatic rings. The first-order chi connectivity index (χ1) is 17.7. The summed E-state index contributed by atoms with van der Waals surface area (Å²) in [6.45, 7) is 1.87. The van der Waals surface area contributed by atoms with Gasteiger partial charge in [-0.3, -0.25) is 9.67 Å². The highest BCUT2D eigenvalue weighted by Crippen LogP contribution is 2.33. The van der Waals surface area contributed by atoms with Crippen molar-refractivity contribution in [2.75, 3.05) is 26.3 Å². The Bertz CT molecular complexity index is 1350. The van der Waals surface area contributed by atoms with E-state index in [2.05, 4.69) is 15.4 Å². The van der Waals surface area contributed by atoms with Crippen molar-refractivity contribution in [2.45, 2.75) is 38.0 Å². The number of aromatic nitrogens is 4. The third-order valence-electron chi connectivity index (χ3n) is 7.04. The van der Waals surface area contributed by atoms with Gasteiger partial charge in [0, 0.05) is 23.9 Å². The van der Waals surface area contributed by atoms with Gasteiger partial charge in [-0.2, -0.15) is 5.10 Å². The van der Waals surface area contributed by atoms with E-state index in [1.54, 1.807) is 6.20 Å². The van der Waals surface area contributed by atoms with Gasteiger partial charge in [0.1, 0.15) is 0 Å². The Hall–Kier alpha value is -3.27. The topological polar surface area (TPSA) is 68.1 Å². The fraction of sp³-hybridized carbons (Fsp3) is 0.370. The summed E-state index contributed by atoms with van der Waals surface area (Å²) in [5, 5.41) is 7.99. The van der Waals surface area contributed by atoms with Crippen LogP contribution in [0.5, 0.6) is 0 Å². The summed E-state index contributed by atoms with van der Waals surface area (Å²) >= 11 is 0. The summed E-state index contributed by atoms with van der Waals surface area (Å²) in [5.41, 5.74) is 5.74. The molecular formula is C27H28F2N6O. The number of morpholine rings is 1. The Labute approximate surface area is 208 Å². The molecule has 0 spiro atoms. The molecule has 0 aliphatic carbocycles. The fourth-order valence-corrected chi connectivity index (χ4v) is 5.08. The average Bonchev–Trinajstić information content (AvgIpc) is 3.42. The quantitative estimate of drug-likeness (QED) is 0.416. The Morgan fingerprint density at radius 1 is 0.944 bits per heavy atom. The van der Waals surface area contributed by atoms with E-state index in [4.69, 9.17) is 9.72 Å².